The lowest BCUT2D eigenvalue weighted by molar-refractivity contribution is 0.419. The smallest absolute Gasteiger partial charge is 0.120 e. The number of benzene rings is 2. The molecule has 2 atom stereocenters. The van der Waals surface area contributed by atoms with Gasteiger partial charge >= 0.3 is 0 Å². The van der Waals surface area contributed by atoms with Gasteiger partial charge in [-0.15, -0.1) is 0 Å². The zero-order valence-electron chi connectivity index (χ0n) is 12.7. The van der Waals surface area contributed by atoms with Crippen molar-refractivity contribution in [3.8, 4) is 5.75 Å². The molecule has 0 amide bonds. The molecule has 0 radical (unpaired) electrons. The van der Waals surface area contributed by atoms with Gasteiger partial charge in [0, 0.05) is 22.1 Å². The van der Waals surface area contributed by atoms with Crippen molar-refractivity contribution in [2.75, 3.05) is 0 Å². The van der Waals surface area contributed by atoms with Gasteiger partial charge in [0.15, 0.2) is 0 Å². The number of phenols is 1. The molecule has 2 aromatic rings. The molecule has 2 N–H and O–H groups in total. The maximum Gasteiger partial charge on any atom is 0.120 e. The molecule has 0 saturated carbocycles. The molecule has 0 aromatic heterocycles. The Morgan fingerprint density at radius 3 is 2.43 bits per heavy atom. The highest BCUT2D eigenvalue weighted by molar-refractivity contribution is 9.10. The summed E-state index contributed by atoms with van der Waals surface area (Å²) in [5, 5.41) is 13.7. The van der Waals surface area contributed by atoms with E-state index in [9.17, 15) is 5.11 Å². The molecule has 2 aromatic carbocycles. The van der Waals surface area contributed by atoms with Crippen LogP contribution in [-0.2, 0) is 0 Å². The molecule has 1 unspecified atom stereocenters. The minimum Gasteiger partial charge on any atom is -0.508 e. The Hall–Kier alpha value is -1.32. The maximum absolute atomic E-state index is 10.1. The van der Waals surface area contributed by atoms with E-state index in [-0.39, 0.29) is 12.1 Å². The first-order chi connectivity index (χ1) is 10.0. The second-order valence-corrected chi connectivity index (χ2v) is 6.38. The van der Waals surface area contributed by atoms with Crippen LogP contribution in [0.15, 0.2) is 46.9 Å². The molecule has 112 valence electrons. The first kappa shape index (κ1) is 16.1. The molecule has 3 heteroatoms. The highest BCUT2D eigenvalue weighted by Gasteiger charge is 2.17. The minimum absolute atomic E-state index is 0.124. The third-order valence-corrected chi connectivity index (χ3v) is 4.30. The van der Waals surface area contributed by atoms with Gasteiger partial charge in [-0.1, -0.05) is 52.7 Å². The van der Waals surface area contributed by atoms with Crippen LogP contribution in [0, 0.1) is 6.92 Å². The molecule has 0 saturated heterocycles. The first-order valence-electron chi connectivity index (χ1n) is 7.32. The lowest BCUT2D eigenvalue weighted by Crippen LogP contribution is -2.24. The van der Waals surface area contributed by atoms with Crippen LogP contribution in [0.5, 0.6) is 5.75 Å². The fourth-order valence-electron chi connectivity index (χ4n) is 2.49. The van der Waals surface area contributed by atoms with Gasteiger partial charge in [0.1, 0.15) is 5.75 Å². The van der Waals surface area contributed by atoms with Crippen molar-refractivity contribution in [3.05, 3.63) is 63.6 Å². The molecule has 0 fully saturated rings. The number of aryl methyl sites for hydroxylation is 1. The van der Waals surface area contributed by atoms with E-state index in [0.717, 1.165) is 16.5 Å². The summed E-state index contributed by atoms with van der Waals surface area (Å²) in [5.41, 5.74) is 3.46. The Balaban J connectivity index is 2.18. The predicted molar refractivity (Wildman–Crippen MR) is 91.6 cm³/mol. The van der Waals surface area contributed by atoms with Crippen LogP contribution < -0.4 is 5.32 Å². The van der Waals surface area contributed by atoms with Crippen molar-refractivity contribution in [2.24, 2.45) is 0 Å². The summed E-state index contributed by atoms with van der Waals surface area (Å²) in [5.74, 6) is 0.341. The Morgan fingerprint density at radius 1 is 1.14 bits per heavy atom. The second-order valence-electron chi connectivity index (χ2n) is 5.46. The molecule has 0 spiro atoms. The highest BCUT2D eigenvalue weighted by atomic mass is 79.9. The number of nitrogens with one attached hydrogen (secondary N) is 1. The fraction of sp³-hybridized carbons (Fsp3) is 0.333. The zero-order valence-corrected chi connectivity index (χ0v) is 14.3. The molecule has 0 bridgehead atoms. The van der Waals surface area contributed by atoms with Crippen molar-refractivity contribution in [1.29, 1.82) is 0 Å². The molecule has 0 heterocycles. The monoisotopic (exact) mass is 347 g/mol. The average molecular weight is 348 g/mol. The van der Waals surface area contributed by atoms with Crippen LogP contribution in [0.4, 0.5) is 0 Å². The summed E-state index contributed by atoms with van der Waals surface area (Å²) in [4.78, 5) is 0. The topological polar surface area (TPSA) is 32.3 Å². The number of hydrogen-bond donors (Lipinski definition) is 2. The predicted octanol–water partition coefficient (Wildman–Crippen LogP) is 5.27. The number of rotatable bonds is 5. The Labute approximate surface area is 135 Å². The average Bonchev–Trinajstić information content (AvgIpc) is 2.48. The first-order valence-corrected chi connectivity index (χ1v) is 8.11. The molecule has 21 heavy (non-hydrogen) atoms. The van der Waals surface area contributed by atoms with Crippen LogP contribution in [0.25, 0.3) is 0 Å². The summed E-state index contributed by atoms with van der Waals surface area (Å²) in [6.07, 6.45) is 0.917. The summed E-state index contributed by atoms with van der Waals surface area (Å²) in [7, 11) is 0. The zero-order chi connectivity index (χ0) is 15.4. The van der Waals surface area contributed by atoms with E-state index >= 15 is 0 Å². The van der Waals surface area contributed by atoms with E-state index in [0.29, 0.717) is 5.75 Å². The van der Waals surface area contributed by atoms with Crippen LogP contribution in [0.3, 0.4) is 0 Å². The Kier molecular flexibility index (Phi) is 5.43. The molecule has 2 rings (SSSR count). The van der Waals surface area contributed by atoms with Gasteiger partial charge in [0.2, 0.25) is 0 Å². The van der Waals surface area contributed by atoms with Crippen molar-refractivity contribution in [3.63, 3.8) is 0 Å². The molecule has 0 aliphatic heterocycles. The van der Waals surface area contributed by atoms with Crippen molar-refractivity contribution in [2.45, 2.75) is 39.3 Å². The third kappa shape index (κ3) is 4.08. The molecule has 0 aliphatic carbocycles. The summed E-state index contributed by atoms with van der Waals surface area (Å²) < 4.78 is 0.985. The third-order valence-electron chi connectivity index (χ3n) is 3.80. The van der Waals surface area contributed by atoms with E-state index in [1.807, 2.05) is 12.1 Å². The summed E-state index contributed by atoms with van der Waals surface area (Å²) in [6.45, 7) is 6.37. The molecular weight excluding hydrogens is 326 g/mol. The summed E-state index contributed by atoms with van der Waals surface area (Å²) in [6, 6.07) is 14.5. The lowest BCUT2D eigenvalue weighted by Gasteiger charge is -2.24. The van der Waals surface area contributed by atoms with Crippen molar-refractivity contribution >= 4 is 15.9 Å². The van der Waals surface area contributed by atoms with Crippen molar-refractivity contribution in [1.82, 2.24) is 5.32 Å². The fourth-order valence-corrected chi connectivity index (χ4v) is 2.86. The number of hydrogen-bond acceptors (Lipinski definition) is 2. The lowest BCUT2D eigenvalue weighted by atomic mass is 10.00. The van der Waals surface area contributed by atoms with E-state index < -0.39 is 0 Å². The largest absolute Gasteiger partial charge is 0.508 e. The van der Waals surface area contributed by atoms with Crippen LogP contribution >= 0.6 is 15.9 Å². The minimum atomic E-state index is 0.124. The van der Waals surface area contributed by atoms with E-state index in [2.05, 4.69) is 66.3 Å². The van der Waals surface area contributed by atoms with Gasteiger partial charge in [-0.25, -0.2) is 0 Å². The highest BCUT2D eigenvalue weighted by Crippen LogP contribution is 2.31. The van der Waals surface area contributed by atoms with Crippen LogP contribution in [-0.4, -0.2) is 5.11 Å². The van der Waals surface area contributed by atoms with E-state index in [1.54, 1.807) is 6.07 Å². The number of aromatic hydroxyl groups is 1. The van der Waals surface area contributed by atoms with Gasteiger partial charge in [-0.2, -0.15) is 0 Å². The van der Waals surface area contributed by atoms with E-state index in [1.165, 1.54) is 11.1 Å². The van der Waals surface area contributed by atoms with E-state index in [4.69, 9.17) is 0 Å². The standard InChI is InChI=1S/C18H22BrNO/c1-4-17(16-11-15(19)9-10-18(16)21)20-13(3)14-7-5-12(2)6-8-14/h5-11,13,17,20-21H,4H2,1-3H3/t13-,17?/m0/s1. The Morgan fingerprint density at radius 2 is 1.81 bits per heavy atom. The summed E-state index contributed by atoms with van der Waals surface area (Å²) >= 11 is 3.47. The van der Waals surface area contributed by atoms with Gasteiger partial charge in [-0.05, 0) is 44.0 Å². The second kappa shape index (κ2) is 7.10. The quantitative estimate of drug-likeness (QED) is 0.772. The van der Waals surface area contributed by atoms with Gasteiger partial charge in [0.05, 0.1) is 0 Å². The molecule has 0 aliphatic rings. The number of halogens is 1. The van der Waals surface area contributed by atoms with Crippen molar-refractivity contribution < 1.29 is 5.11 Å². The Bertz CT molecular complexity index is 595. The van der Waals surface area contributed by atoms with Crippen LogP contribution in [0.2, 0.25) is 0 Å². The van der Waals surface area contributed by atoms with Gasteiger partial charge < -0.3 is 10.4 Å². The number of phenolic OH excluding ortho intramolecular Hbond substituents is 1. The SMILES string of the molecule is CCC(N[C@@H](C)c1ccc(C)cc1)c1cc(Br)ccc1O. The van der Waals surface area contributed by atoms with Gasteiger partial charge in [0.25, 0.3) is 0 Å². The van der Waals surface area contributed by atoms with Crippen LogP contribution in [0.1, 0.15) is 49.0 Å². The molecular formula is C18H22BrNO. The van der Waals surface area contributed by atoms with Gasteiger partial charge in [-0.3, -0.25) is 0 Å². The normalized spacial score (nSPS) is 13.9. The maximum atomic E-state index is 10.1. The molecule has 2 nitrogen and oxygen atoms in total.